The van der Waals surface area contributed by atoms with Gasteiger partial charge in [0.2, 0.25) is 5.91 Å². The topological polar surface area (TPSA) is 83.6 Å². The molecule has 1 aliphatic carbocycles. The molecule has 2 atom stereocenters. The summed E-state index contributed by atoms with van der Waals surface area (Å²) in [6, 6.07) is 5.25. The minimum absolute atomic E-state index is 0.0356. The van der Waals surface area contributed by atoms with Crippen molar-refractivity contribution in [1.82, 2.24) is 10.4 Å². The SMILES string of the molecule is CCOC(=O)c1[nH]c2cc(Cl)ccc2c1/C=N/NC(=O)C1CC1C. The van der Waals surface area contributed by atoms with E-state index in [1.54, 1.807) is 25.1 Å². The Labute approximate surface area is 144 Å². The summed E-state index contributed by atoms with van der Waals surface area (Å²) in [6.45, 7) is 4.03. The summed E-state index contributed by atoms with van der Waals surface area (Å²) in [6.07, 6.45) is 2.35. The molecule has 1 heterocycles. The zero-order chi connectivity index (χ0) is 17.3. The number of amides is 1. The van der Waals surface area contributed by atoms with Gasteiger partial charge in [0.25, 0.3) is 0 Å². The molecule has 2 N–H and O–H groups in total. The van der Waals surface area contributed by atoms with Crippen LogP contribution in [0.3, 0.4) is 0 Å². The second-order valence-electron chi connectivity index (χ2n) is 5.88. The Hall–Kier alpha value is -2.34. The highest BCUT2D eigenvalue weighted by Gasteiger charge is 2.39. The number of benzene rings is 1. The molecule has 0 saturated heterocycles. The number of carbonyl (C=O) groups excluding carboxylic acids is 2. The molecule has 1 aromatic carbocycles. The lowest BCUT2D eigenvalue weighted by molar-refractivity contribution is -0.122. The van der Waals surface area contributed by atoms with E-state index in [9.17, 15) is 9.59 Å². The maximum Gasteiger partial charge on any atom is 0.355 e. The van der Waals surface area contributed by atoms with Crippen molar-refractivity contribution in [3.05, 3.63) is 34.5 Å². The molecule has 126 valence electrons. The molecule has 7 heteroatoms. The van der Waals surface area contributed by atoms with Crippen LogP contribution in [0.1, 0.15) is 36.3 Å². The first-order chi connectivity index (χ1) is 11.5. The number of ether oxygens (including phenoxy) is 1. The van der Waals surface area contributed by atoms with Crippen molar-refractivity contribution in [1.29, 1.82) is 0 Å². The van der Waals surface area contributed by atoms with Crippen LogP contribution in [0.25, 0.3) is 10.9 Å². The summed E-state index contributed by atoms with van der Waals surface area (Å²) in [7, 11) is 0. The van der Waals surface area contributed by atoms with Crippen molar-refractivity contribution in [2.45, 2.75) is 20.3 Å². The fourth-order valence-electron chi connectivity index (χ4n) is 2.62. The van der Waals surface area contributed by atoms with Crippen LogP contribution in [-0.4, -0.2) is 29.7 Å². The molecule has 1 amide bonds. The summed E-state index contributed by atoms with van der Waals surface area (Å²) in [4.78, 5) is 27.0. The first-order valence-corrected chi connectivity index (χ1v) is 8.20. The Kier molecular flexibility index (Phi) is 4.57. The average molecular weight is 348 g/mol. The minimum Gasteiger partial charge on any atom is -0.461 e. The summed E-state index contributed by atoms with van der Waals surface area (Å²) in [5.74, 6) is -0.133. The van der Waals surface area contributed by atoms with E-state index in [0.717, 1.165) is 11.8 Å². The van der Waals surface area contributed by atoms with E-state index in [1.807, 2.05) is 6.92 Å². The molecule has 0 aliphatic heterocycles. The molecule has 2 aromatic rings. The second kappa shape index (κ2) is 6.65. The molecule has 6 nitrogen and oxygen atoms in total. The summed E-state index contributed by atoms with van der Waals surface area (Å²) < 4.78 is 5.07. The van der Waals surface area contributed by atoms with Crippen molar-refractivity contribution >= 4 is 40.6 Å². The molecule has 1 aliphatic rings. The number of rotatable bonds is 5. The highest BCUT2D eigenvalue weighted by Crippen LogP contribution is 2.37. The first kappa shape index (κ1) is 16.5. The fourth-order valence-corrected chi connectivity index (χ4v) is 2.79. The normalized spacial score (nSPS) is 19.6. The molecule has 0 radical (unpaired) electrons. The standard InChI is InChI=1S/C17H18ClN3O3/c1-3-24-17(23)15-13(8-19-21-16(22)12-6-9(12)2)11-5-4-10(18)7-14(11)20-15/h4-5,7-9,12,20H,3,6H2,1-2H3,(H,21,22)/b19-8+. The van der Waals surface area contributed by atoms with Gasteiger partial charge in [-0.2, -0.15) is 5.10 Å². The molecule has 0 bridgehead atoms. The van der Waals surface area contributed by atoms with Crippen LogP contribution in [0.15, 0.2) is 23.3 Å². The van der Waals surface area contributed by atoms with Crippen molar-refractivity contribution in [2.75, 3.05) is 6.61 Å². The third-order valence-corrected chi connectivity index (χ3v) is 4.33. The molecule has 0 spiro atoms. The molecular weight excluding hydrogens is 330 g/mol. The number of fused-ring (bicyclic) bond motifs is 1. The van der Waals surface area contributed by atoms with Crippen molar-refractivity contribution in [3.8, 4) is 0 Å². The van der Waals surface area contributed by atoms with Gasteiger partial charge in [0.05, 0.1) is 12.8 Å². The number of hydrogen-bond donors (Lipinski definition) is 2. The Balaban J connectivity index is 1.90. The van der Waals surface area contributed by atoms with Gasteiger partial charge >= 0.3 is 5.97 Å². The number of halogens is 1. The zero-order valence-corrected chi connectivity index (χ0v) is 14.2. The Morgan fingerprint density at radius 3 is 2.92 bits per heavy atom. The van der Waals surface area contributed by atoms with E-state index in [1.165, 1.54) is 6.21 Å². The predicted molar refractivity (Wildman–Crippen MR) is 92.3 cm³/mol. The number of nitrogens with one attached hydrogen (secondary N) is 2. The minimum atomic E-state index is -0.478. The van der Waals surface area contributed by atoms with Crippen LogP contribution in [-0.2, 0) is 9.53 Å². The van der Waals surface area contributed by atoms with Gasteiger partial charge in [-0.25, -0.2) is 10.2 Å². The van der Waals surface area contributed by atoms with Crippen LogP contribution in [0.5, 0.6) is 0 Å². The van der Waals surface area contributed by atoms with Crippen LogP contribution in [0.4, 0.5) is 0 Å². The number of nitrogens with zero attached hydrogens (tertiary/aromatic N) is 1. The summed E-state index contributed by atoms with van der Waals surface area (Å²) in [5, 5.41) is 5.33. The van der Waals surface area contributed by atoms with Crippen LogP contribution in [0, 0.1) is 11.8 Å². The van der Waals surface area contributed by atoms with Gasteiger partial charge in [-0.05, 0) is 31.4 Å². The Bertz CT molecular complexity index is 828. The zero-order valence-electron chi connectivity index (χ0n) is 13.4. The fraction of sp³-hybridized carbons (Fsp3) is 0.353. The monoisotopic (exact) mass is 347 g/mol. The molecule has 1 saturated carbocycles. The molecule has 3 rings (SSSR count). The Morgan fingerprint density at radius 2 is 2.25 bits per heavy atom. The van der Waals surface area contributed by atoms with Crippen molar-refractivity contribution < 1.29 is 14.3 Å². The highest BCUT2D eigenvalue weighted by molar-refractivity contribution is 6.31. The van der Waals surface area contributed by atoms with E-state index < -0.39 is 5.97 Å². The maximum absolute atomic E-state index is 12.1. The van der Waals surface area contributed by atoms with Crippen molar-refractivity contribution in [2.24, 2.45) is 16.9 Å². The quantitative estimate of drug-likeness (QED) is 0.495. The van der Waals surface area contributed by atoms with E-state index in [2.05, 4.69) is 15.5 Å². The number of hydrazone groups is 1. The maximum atomic E-state index is 12.1. The van der Waals surface area contributed by atoms with Crippen LogP contribution < -0.4 is 5.43 Å². The van der Waals surface area contributed by atoms with Gasteiger partial charge < -0.3 is 9.72 Å². The molecule has 24 heavy (non-hydrogen) atoms. The lowest BCUT2D eigenvalue weighted by Gasteiger charge is -2.01. The Morgan fingerprint density at radius 1 is 1.50 bits per heavy atom. The first-order valence-electron chi connectivity index (χ1n) is 7.82. The predicted octanol–water partition coefficient (Wildman–Crippen LogP) is 3.10. The van der Waals surface area contributed by atoms with Gasteiger partial charge in [-0.15, -0.1) is 0 Å². The van der Waals surface area contributed by atoms with Crippen LogP contribution in [0.2, 0.25) is 5.02 Å². The number of aromatic amines is 1. The second-order valence-corrected chi connectivity index (χ2v) is 6.31. The lowest BCUT2D eigenvalue weighted by Crippen LogP contribution is -2.20. The van der Waals surface area contributed by atoms with E-state index in [4.69, 9.17) is 16.3 Å². The largest absolute Gasteiger partial charge is 0.461 e. The van der Waals surface area contributed by atoms with Gasteiger partial charge in [0.1, 0.15) is 5.69 Å². The number of H-pyrrole nitrogens is 1. The van der Waals surface area contributed by atoms with Gasteiger partial charge in [-0.1, -0.05) is 24.6 Å². The molecule has 2 unspecified atom stereocenters. The van der Waals surface area contributed by atoms with Crippen molar-refractivity contribution in [3.63, 3.8) is 0 Å². The molecular formula is C17H18ClN3O3. The van der Waals surface area contributed by atoms with E-state index in [0.29, 0.717) is 22.0 Å². The van der Waals surface area contributed by atoms with E-state index in [-0.39, 0.29) is 24.1 Å². The van der Waals surface area contributed by atoms with Gasteiger partial charge in [-0.3, -0.25) is 4.79 Å². The van der Waals surface area contributed by atoms with Gasteiger partial charge in [0, 0.05) is 27.4 Å². The number of hydrogen-bond acceptors (Lipinski definition) is 4. The van der Waals surface area contributed by atoms with Crippen LogP contribution >= 0.6 is 11.6 Å². The lowest BCUT2D eigenvalue weighted by atomic mass is 10.1. The van der Waals surface area contributed by atoms with E-state index >= 15 is 0 Å². The summed E-state index contributed by atoms with van der Waals surface area (Å²) >= 11 is 6.00. The highest BCUT2D eigenvalue weighted by atomic mass is 35.5. The number of carbonyl (C=O) groups is 2. The third kappa shape index (κ3) is 3.28. The smallest absolute Gasteiger partial charge is 0.355 e. The number of esters is 1. The summed E-state index contributed by atoms with van der Waals surface area (Å²) in [5.41, 5.74) is 4.07. The third-order valence-electron chi connectivity index (χ3n) is 4.09. The average Bonchev–Trinajstić information content (AvgIpc) is 3.17. The number of aromatic nitrogens is 1. The molecule has 1 fully saturated rings. The van der Waals surface area contributed by atoms with Gasteiger partial charge in [0.15, 0.2) is 0 Å². The molecule has 1 aromatic heterocycles.